The average Bonchev–Trinajstić information content (AvgIpc) is 3.34. The Labute approximate surface area is 156 Å². The summed E-state index contributed by atoms with van der Waals surface area (Å²) in [4.78, 5) is 11.2. The second-order valence-corrected chi connectivity index (χ2v) is 6.51. The van der Waals surface area contributed by atoms with Crippen molar-refractivity contribution in [2.75, 3.05) is 18.7 Å². The fourth-order valence-electron chi connectivity index (χ4n) is 3.53. The smallest absolute Gasteiger partial charge is 0.407 e. The number of fused-ring (bicyclic) bond motifs is 1. The molecule has 0 saturated carbocycles. The number of allylic oxidation sites excluding steroid dienone is 4. The molecule has 7 heteroatoms. The molecule has 1 amide bonds. The lowest BCUT2D eigenvalue weighted by atomic mass is 10.0. The molecule has 0 aromatic heterocycles. The maximum Gasteiger partial charge on any atom is 0.407 e. The highest BCUT2D eigenvalue weighted by Crippen LogP contribution is 2.37. The van der Waals surface area contributed by atoms with E-state index in [9.17, 15) is 9.18 Å². The van der Waals surface area contributed by atoms with Crippen molar-refractivity contribution in [1.82, 2.24) is 5.32 Å². The topological polar surface area (TPSA) is 63.2 Å². The van der Waals surface area contributed by atoms with Crippen LogP contribution in [0.5, 0.6) is 0 Å². The lowest BCUT2D eigenvalue weighted by molar-refractivity contribution is 0.170. The van der Waals surface area contributed by atoms with Crippen molar-refractivity contribution in [2.45, 2.75) is 25.8 Å². The standard InChI is InChI=1S/C20H20FN3O3/c1-26-20(25)22-11-14-10-15(3-5-18(14)21)24-8-6-19(23-24)17-4-2-13-12-27-9-7-16(13)17/h3,5,7,9-10,12H,2,4,6,8,11H2,1H3,(H,22,25). The van der Waals surface area contributed by atoms with Crippen LogP contribution in [0.3, 0.4) is 0 Å². The van der Waals surface area contributed by atoms with Gasteiger partial charge in [0.05, 0.1) is 31.0 Å². The summed E-state index contributed by atoms with van der Waals surface area (Å²) in [6.07, 6.45) is 7.66. The number of hydrogen-bond donors (Lipinski definition) is 1. The number of halogens is 1. The Bertz CT molecular complexity index is 902. The minimum atomic E-state index is -0.593. The molecule has 1 aromatic carbocycles. The molecule has 0 saturated heterocycles. The minimum Gasteiger partial charge on any atom is -0.472 e. The maximum atomic E-state index is 14.0. The van der Waals surface area contributed by atoms with E-state index in [4.69, 9.17) is 9.84 Å². The number of hydrogen-bond acceptors (Lipinski definition) is 5. The fourth-order valence-corrected chi connectivity index (χ4v) is 3.53. The molecule has 0 spiro atoms. The van der Waals surface area contributed by atoms with Gasteiger partial charge in [-0.2, -0.15) is 5.10 Å². The van der Waals surface area contributed by atoms with Crippen molar-refractivity contribution < 1.29 is 18.7 Å². The van der Waals surface area contributed by atoms with Gasteiger partial charge in [0, 0.05) is 25.1 Å². The predicted molar refractivity (Wildman–Crippen MR) is 99.6 cm³/mol. The molecule has 1 aromatic rings. The molecule has 0 fully saturated rings. The first-order valence-corrected chi connectivity index (χ1v) is 8.86. The molecule has 1 N–H and O–H groups in total. The van der Waals surface area contributed by atoms with Crippen LogP contribution in [0, 0.1) is 5.82 Å². The monoisotopic (exact) mass is 369 g/mol. The van der Waals surface area contributed by atoms with E-state index in [0.717, 1.165) is 37.2 Å². The largest absolute Gasteiger partial charge is 0.472 e. The molecular formula is C20H20FN3O3. The minimum absolute atomic E-state index is 0.0605. The molecule has 2 aliphatic heterocycles. The quantitative estimate of drug-likeness (QED) is 0.878. The number of ether oxygens (including phenoxy) is 2. The Morgan fingerprint density at radius 3 is 3.11 bits per heavy atom. The maximum absolute atomic E-state index is 14.0. The van der Waals surface area contributed by atoms with Crippen LogP contribution in [-0.2, 0) is 16.0 Å². The van der Waals surface area contributed by atoms with Crippen molar-refractivity contribution in [3.05, 3.63) is 64.9 Å². The van der Waals surface area contributed by atoms with Crippen LogP contribution in [0.1, 0.15) is 24.8 Å². The summed E-state index contributed by atoms with van der Waals surface area (Å²) in [5, 5.41) is 9.16. The Kier molecular flexibility index (Phi) is 4.66. The molecule has 6 nitrogen and oxygen atoms in total. The number of benzene rings is 1. The van der Waals surface area contributed by atoms with Crippen molar-refractivity contribution in [3.8, 4) is 0 Å². The Morgan fingerprint density at radius 2 is 2.26 bits per heavy atom. The second kappa shape index (κ2) is 7.26. The third kappa shape index (κ3) is 3.45. The lowest BCUT2D eigenvalue weighted by Crippen LogP contribution is -2.23. The number of carbonyl (C=O) groups excluding carboxylic acids is 1. The number of alkyl carbamates (subject to hydrolysis) is 1. The van der Waals surface area contributed by atoms with Crippen LogP contribution in [0.25, 0.3) is 0 Å². The first kappa shape index (κ1) is 17.3. The number of anilines is 1. The SMILES string of the molecule is COC(=O)NCc1cc(N2CCC(C3=C4C=COC=C4CC3)=N2)ccc1F. The van der Waals surface area contributed by atoms with Gasteiger partial charge in [0.25, 0.3) is 0 Å². The molecule has 3 aliphatic rings. The van der Waals surface area contributed by atoms with E-state index in [1.54, 1.807) is 24.7 Å². The zero-order valence-corrected chi connectivity index (χ0v) is 15.0. The van der Waals surface area contributed by atoms with E-state index in [1.807, 2.05) is 11.1 Å². The molecular weight excluding hydrogens is 349 g/mol. The summed E-state index contributed by atoms with van der Waals surface area (Å²) in [5.41, 5.74) is 5.95. The van der Waals surface area contributed by atoms with E-state index in [2.05, 4.69) is 10.1 Å². The Balaban J connectivity index is 1.55. The molecule has 0 bridgehead atoms. The Hall–Kier alpha value is -3.09. The number of amides is 1. The molecule has 2 heterocycles. The summed E-state index contributed by atoms with van der Waals surface area (Å²) in [5.74, 6) is -0.374. The number of methoxy groups -OCH3 is 1. The van der Waals surface area contributed by atoms with E-state index in [-0.39, 0.29) is 12.4 Å². The number of hydrazone groups is 1. The van der Waals surface area contributed by atoms with Gasteiger partial charge < -0.3 is 14.8 Å². The van der Waals surface area contributed by atoms with Crippen molar-refractivity contribution in [3.63, 3.8) is 0 Å². The van der Waals surface area contributed by atoms with Crippen LogP contribution in [-0.4, -0.2) is 25.5 Å². The van der Waals surface area contributed by atoms with Gasteiger partial charge in [-0.05, 0) is 53.8 Å². The van der Waals surface area contributed by atoms with Gasteiger partial charge in [-0.1, -0.05) is 0 Å². The molecule has 4 rings (SSSR count). The molecule has 140 valence electrons. The first-order valence-electron chi connectivity index (χ1n) is 8.86. The molecule has 1 aliphatic carbocycles. The van der Waals surface area contributed by atoms with Gasteiger partial charge in [0.15, 0.2) is 0 Å². The van der Waals surface area contributed by atoms with Gasteiger partial charge in [-0.3, -0.25) is 5.01 Å². The first-order chi connectivity index (χ1) is 13.2. The molecule has 0 unspecified atom stereocenters. The van der Waals surface area contributed by atoms with Gasteiger partial charge in [0.1, 0.15) is 5.82 Å². The molecule has 27 heavy (non-hydrogen) atoms. The second-order valence-electron chi connectivity index (χ2n) is 6.51. The summed E-state index contributed by atoms with van der Waals surface area (Å²) < 4.78 is 23.8. The number of nitrogens with one attached hydrogen (secondary N) is 1. The van der Waals surface area contributed by atoms with Gasteiger partial charge in [-0.15, -0.1) is 0 Å². The highest BCUT2D eigenvalue weighted by Gasteiger charge is 2.27. The van der Waals surface area contributed by atoms with Gasteiger partial charge >= 0.3 is 6.09 Å². The Morgan fingerprint density at radius 1 is 1.37 bits per heavy atom. The van der Waals surface area contributed by atoms with Gasteiger partial charge in [0.2, 0.25) is 0 Å². The number of carbonyl (C=O) groups is 1. The van der Waals surface area contributed by atoms with E-state index >= 15 is 0 Å². The molecule has 0 atom stereocenters. The highest BCUT2D eigenvalue weighted by molar-refractivity contribution is 6.04. The molecule has 0 radical (unpaired) electrons. The van der Waals surface area contributed by atoms with Crippen LogP contribution in [0.15, 0.2) is 58.6 Å². The van der Waals surface area contributed by atoms with Crippen LogP contribution < -0.4 is 10.3 Å². The summed E-state index contributed by atoms with van der Waals surface area (Å²) in [6, 6.07) is 4.82. The summed E-state index contributed by atoms with van der Waals surface area (Å²) >= 11 is 0. The van der Waals surface area contributed by atoms with Crippen LogP contribution >= 0.6 is 0 Å². The normalized spacial score (nSPS) is 18.1. The number of nitrogens with zero attached hydrogens (tertiary/aromatic N) is 2. The third-order valence-electron chi connectivity index (χ3n) is 4.93. The average molecular weight is 369 g/mol. The van der Waals surface area contributed by atoms with E-state index < -0.39 is 6.09 Å². The van der Waals surface area contributed by atoms with Crippen molar-refractivity contribution in [2.24, 2.45) is 5.10 Å². The zero-order valence-electron chi connectivity index (χ0n) is 15.0. The highest BCUT2D eigenvalue weighted by atomic mass is 19.1. The summed E-state index contributed by atoms with van der Waals surface area (Å²) in [7, 11) is 1.27. The zero-order chi connectivity index (χ0) is 18.8. The van der Waals surface area contributed by atoms with Gasteiger partial charge in [-0.25, -0.2) is 9.18 Å². The lowest BCUT2D eigenvalue weighted by Gasteiger charge is -2.15. The number of rotatable bonds is 4. The fraction of sp³-hybridized carbons (Fsp3) is 0.300. The van der Waals surface area contributed by atoms with E-state index in [0.29, 0.717) is 5.56 Å². The third-order valence-corrected chi connectivity index (χ3v) is 4.93. The van der Waals surface area contributed by atoms with Crippen LogP contribution in [0.2, 0.25) is 0 Å². The predicted octanol–water partition coefficient (Wildman–Crippen LogP) is 3.77. The van der Waals surface area contributed by atoms with Crippen molar-refractivity contribution in [1.29, 1.82) is 0 Å². The van der Waals surface area contributed by atoms with Crippen molar-refractivity contribution >= 4 is 17.5 Å². The summed E-state index contributed by atoms with van der Waals surface area (Å²) in [6.45, 7) is 0.798. The van der Waals surface area contributed by atoms with Crippen LogP contribution in [0.4, 0.5) is 14.9 Å². The van der Waals surface area contributed by atoms with E-state index in [1.165, 1.54) is 29.9 Å².